The van der Waals surface area contributed by atoms with Gasteiger partial charge in [-0.2, -0.15) is 0 Å². The highest BCUT2D eigenvalue weighted by atomic mass is 16.5. The minimum atomic E-state index is 0.337. The molecule has 0 atom stereocenters. The summed E-state index contributed by atoms with van der Waals surface area (Å²) in [5.74, 6) is 0. The normalized spacial score (nSPS) is 18.5. The van der Waals surface area contributed by atoms with Crippen LogP contribution in [0, 0.1) is 12.3 Å². The van der Waals surface area contributed by atoms with E-state index in [2.05, 4.69) is 23.3 Å². The average Bonchev–Trinajstić information content (AvgIpc) is 2.15. The summed E-state index contributed by atoms with van der Waals surface area (Å²) in [7, 11) is 0. The first kappa shape index (κ1) is 10.6. The van der Waals surface area contributed by atoms with Gasteiger partial charge in [-0.05, 0) is 19.1 Å². The van der Waals surface area contributed by atoms with Crippen molar-refractivity contribution in [2.45, 2.75) is 20.4 Å². The predicted molar refractivity (Wildman–Crippen MR) is 59.6 cm³/mol. The summed E-state index contributed by atoms with van der Waals surface area (Å²) in [5, 5.41) is 3.43. The van der Waals surface area contributed by atoms with Gasteiger partial charge >= 0.3 is 0 Å². The van der Waals surface area contributed by atoms with E-state index in [9.17, 15) is 0 Å². The molecule has 0 spiro atoms. The molecule has 1 aromatic rings. The van der Waals surface area contributed by atoms with Crippen LogP contribution in [-0.4, -0.2) is 24.7 Å². The van der Waals surface area contributed by atoms with E-state index in [-0.39, 0.29) is 0 Å². The van der Waals surface area contributed by atoms with Gasteiger partial charge in [0.15, 0.2) is 0 Å². The summed E-state index contributed by atoms with van der Waals surface area (Å²) in [6.45, 7) is 7.86. The largest absolute Gasteiger partial charge is 0.380 e. The predicted octanol–water partition coefficient (Wildman–Crippen LogP) is 1.52. The van der Waals surface area contributed by atoms with Crippen molar-refractivity contribution >= 4 is 0 Å². The van der Waals surface area contributed by atoms with E-state index in [1.165, 1.54) is 0 Å². The lowest BCUT2D eigenvalue weighted by Gasteiger charge is -2.38. The van der Waals surface area contributed by atoms with E-state index in [1.54, 1.807) is 0 Å². The van der Waals surface area contributed by atoms with Crippen LogP contribution in [0.4, 0.5) is 0 Å². The number of ether oxygens (including phenoxy) is 1. The third-order valence-electron chi connectivity index (χ3n) is 2.70. The van der Waals surface area contributed by atoms with Crippen molar-refractivity contribution in [3.63, 3.8) is 0 Å². The zero-order valence-electron chi connectivity index (χ0n) is 9.42. The lowest BCUT2D eigenvalue weighted by molar-refractivity contribution is -0.0991. The fourth-order valence-electron chi connectivity index (χ4n) is 1.74. The minimum absolute atomic E-state index is 0.337. The number of aromatic nitrogens is 1. The van der Waals surface area contributed by atoms with E-state index in [1.807, 2.05) is 19.1 Å². The number of nitrogens with one attached hydrogen (secondary N) is 1. The second-order valence-corrected chi connectivity index (χ2v) is 4.68. The fourth-order valence-corrected chi connectivity index (χ4v) is 1.74. The maximum absolute atomic E-state index is 5.20. The minimum Gasteiger partial charge on any atom is -0.380 e. The number of hydrogen-bond acceptors (Lipinski definition) is 3. The zero-order chi connectivity index (χ0) is 10.7. The van der Waals surface area contributed by atoms with Crippen molar-refractivity contribution in [2.24, 2.45) is 5.41 Å². The van der Waals surface area contributed by atoms with Crippen molar-refractivity contribution in [3.8, 4) is 0 Å². The van der Waals surface area contributed by atoms with Crippen LogP contribution in [0.25, 0.3) is 0 Å². The molecule has 0 radical (unpaired) electrons. The second kappa shape index (κ2) is 4.29. The van der Waals surface area contributed by atoms with Crippen LogP contribution in [-0.2, 0) is 11.3 Å². The van der Waals surface area contributed by atoms with E-state index in [4.69, 9.17) is 4.74 Å². The molecule has 1 aliphatic heterocycles. The van der Waals surface area contributed by atoms with Gasteiger partial charge in [-0.25, -0.2) is 0 Å². The molecule has 1 saturated heterocycles. The quantitative estimate of drug-likeness (QED) is 0.811. The number of rotatable bonds is 4. The maximum atomic E-state index is 5.20. The van der Waals surface area contributed by atoms with Crippen LogP contribution in [0.15, 0.2) is 18.2 Å². The van der Waals surface area contributed by atoms with Crippen LogP contribution in [0.1, 0.15) is 18.3 Å². The first-order valence-corrected chi connectivity index (χ1v) is 5.39. The summed E-state index contributed by atoms with van der Waals surface area (Å²) in [4.78, 5) is 4.44. The number of aryl methyl sites for hydroxylation is 1. The topological polar surface area (TPSA) is 34.1 Å². The van der Waals surface area contributed by atoms with Gasteiger partial charge in [0.1, 0.15) is 0 Å². The molecule has 1 N–H and O–H groups in total. The molecular formula is C12H18N2O. The molecule has 1 aromatic heterocycles. The summed E-state index contributed by atoms with van der Waals surface area (Å²) in [6, 6.07) is 6.12. The maximum Gasteiger partial charge on any atom is 0.0554 e. The Bertz CT molecular complexity index is 334. The van der Waals surface area contributed by atoms with E-state index >= 15 is 0 Å². The van der Waals surface area contributed by atoms with Crippen molar-refractivity contribution in [3.05, 3.63) is 29.6 Å². The highest BCUT2D eigenvalue weighted by molar-refractivity contribution is 5.09. The lowest BCUT2D eigenvalue weighted by atomic mass is 9.89. The van der Waals surface area contributed by atoms with Gasteiger partial charge in [0.2, 0.25) is 0 Å². The van der Waals surface area contributed by atoms with Gasteiger partial charge in [0, 0.05) is 24.2 Å². The van der Waals surface area contributed by atoms with Crippen LogP contribution in [0.3, 0.4) is 0 Å². The summed E-state index contributed by atoms with van der Waals surface area (Å²) < 4.78 is 5.20. The van der Waals surface area contributed by atoms with Gasteiger partial charge in [-0.15, -0.1) is 0 Å². The zero-order valence-corrected chi connectivity index (χ0v) is 9.42. The SMILES string of the molecule is Cc1cccc(CNCC2(C)COC2)n1. The lowest BCUT2D eigenvalue weighted by Crippen LogP contribution is -2.47. The molecule has 1 fully saturated rings. The van der Waals surface area contributed by atoms with Crippen molar-refractivity contribution in [1.29, 1.82) is 0 Å². The first-order valence-electron chi connectivity index (χ1n) is 5.39. The molecule has 0 aliphatic carbocycles. The van der Waals surface area contributed by atoms with Gasteiger partial charge in [-0.3, -0.25) is 4.98 Å². The van der Waals surface area contributed by atoms with Gasteiger partial charge in [-0.1, -0.05) is 13.0 Å². The highest BCUT2D eigenvalue weighted by Gasteiger charge is 2.32. The Morgan fingerprint density at radius 1 is 1.47 bits per heavy atom. The van der Waals surface area contributed by atoms with Gasteiger partial charge < -0.3 is 10.1 Å². The Hall–Kier alpha value is -0.930. The molecule has 3 heteroatoms. The van der Waals surface area contributed by atoms with E-state index < -0.39 is 0 Å². The van der Waals surface area contributed by atoms with E-state index in [0.29, 0.717) is 5.41 Å². The van der Waals surface area contributed by atoms with Crippen molar-refractivity contribution in [1.82, 2.24) is 10.3 Å². The van der Waals surface area contributed by atoms with Crippen LogP contribution in [0.5, 0.6) is 0 Å². The molecule has 0 bridgehead atoms. The van der Waals surface area contributed by atoms with Crippen LogP contribution in [0.2, 0.25) is 0 Å². The van der Waals surface area contributed by atoms with Crippen LogP contribution >= 0.6 is 0 Å². The third kappa shape index (κ3) is 2.76. The molecule has 2 rings (SSSR count). The molecular weight excluding hydrogens is 188 g/mol. The summed E-state index contributed by atoms with van der Waals surface area (Å²) in [6.07, 6.45) is 0. The van der Waals surface area contributed by atoms with Crippen LogP contribution < -0.4 is 5.32 Å². The number of nitrogens with zero attached hydrogens (tertiary/aromatic N) is 1. The summed E-state index contributed by atoms with van der Waals surface area (Å²) >= 11 is 0. The molecule has 0 amide bonds. The third-order valence-corrected chi connectivity index (χ3v) is 2.70. The standard InChI is InChI=1S/C12H18N2O/c1-10-4-3-5-11(14-10)6-13-7-12(2)8-15-9-12/h3-5,13H,6-9H2,1-2H3. The highest BCUT2D eigenvalue weighted by Crippen LogP contribution is 2.25. The summed E-state index contributed by atoms with van der Waals surface area (Å²) in [5.41, 5.74) is 2.52. The molecule has 15 heavy (non-hydrogen) atoms. The fraction of sp³-hybridized carbons (Fsp3) is 0.583. The second-order valence-electron chi connectivity index (χ2n) is 4.68. The molecule has 82 valence electrons. The van der Waals surface area contributed by atoms with Gasteiger partial charge in [0.05, 0.1) is 18.9 Å². The number of hydrogen-bond donors (Lipinski definition) is 1. The molecule has 0 saturated carbocycles. The number of pyridine rings is 1. The average molecular weight is 206 g/mol. The molecule has 0 unspecified atom stereocenters. The molecule has 3 nitrogen and oxygen atoms in total. The Kier molecular flexibility index (Phi) is 3.03. The van der Waals surface area contributed by atoms with Crippen molar-refractivity contribution in [2.75, 3.05) is 19.8 Å². The van der Waals surface area contributed by atoms with Crippen molar-refractivity contribution < 1.29 is 4.74 Å². The monoisotopic (exact) mass is 206 g/mol. The molecule has 2 heterocycles. The first-order chi connectivity index (χ1) is 7.18. The smallest absolute Gasteiger partial charge is 0.0554 e. The van der Waals surface area contributed by atoms with E-state index in [0.717, 1.165) is 37.7 Å². The Morgan fingerprint density at radius 3 is 2.87 bits per heavy atom. The van der Waals surface area contributed by atoms with Gasteiger partial charge in [0.25, 0.3) is 0 Å². The Morgan fingerprint density at radius 2 is 2.27 bits per heavy atom. The Labute approximate surface area is 90.9 Å². The molecule has 1 aliphatic rings. The molecule has 0 aromatic carbocycles. The Balaban J connectivity index is 1.78.